The third-order valence-electron chi connectivity index (χ3n) is 12.1. The SMILES string of the molecule is CC1C=Cc2c(n(-c3ccc4c(c3)C(C)(C)c3ccccc3-4)c3ccc(N(c4ccccc4)c4ccc(-c5cccc6c5sc5ccccc56)cc4)cc23)C1. The van der Waals surface area contributed by atoms with Gasteiger partial charge in [0.05, 0.1) is 5.52 Å². The maximum absolute atomic E-state index is 2.55. The van der Waals surface area contributed by atoms with Gasteiger partial charge in [0.1, 0.15) is 0 Å². The number of anilines is 3. The molecule has 3 heteroatoms. The van der Waals surface area contributed by atoms with E-state index in [1.54, 1.807) is 0 Å². The van der Waals surface area contributed by atoms with Crippen molar-refractivity contribution in [2.24, 2.45) is 5.92 Å². The van der Waals surface area contributed by atoms with Crippen molar-refractivity contribution in [3.63, 3.8) is 0 Å². The van der Waals surface area contributed by atoms with Crippen LogP contribution in [0.4, 0.5) is 17.1 Å². The normalized spacial score (nSPS) is 15.4. The van der Waals surface area contributed by atoms with Gasteiger partial charge in [-0.1, -0.05) is 130 Å². The first-order valence-electron chi connectivity index (χ1n) is 19.4. The summed E-state index contributed by atoms with van der Waals surface area (Å²) in [6, 6.07) is 58.5. The van der Waals surface area contributed by atoms with Crippen molar-refractivity contribution in [1.82, 2.24) is 4.57 Å². The molecule has 2 nitrogen and oxygen atoms in total. The van der Waals surface area contributed by atoms with Crippen molar-refractivity contribution < 1.29 is 0 Å². The molecule has 0 radical (unpaired) electrons. The highest BCUT2D eigenvalue weighted by Gasteiger charge is 2.35. The van der Waals surface area contributed by atoms with Gasteiger partial charge in [-0.25, -0.2) is 0 Å². The van der Waals surface area contributed by atoms with Gasteiger partial charge in [0.25, 0.3) is 0 Å². The molecule has 2 aliphatic carbocycles. The molecule has 2 heterocycles. The highest BCUT2D eigenvalue weighted by atomic mass is 32.1. The quantitative estimate of drug-likeness (QED) is 0.172. The van der Waals surface area contributed by atoms with E-state index < -0.39 is 0 Å². The molecule has 1 unspecified atom stereocenters. The van der Waals surface area contributed by atoms with E-state index in [1.165, 1.54) is 81.4 Å². The first-order valence-corrected chi connectivity index (χ1v) is 20.2. The monoisotopic (exact) mass is 724 g/mol. The van der Waals surface area contributed by atoms with E-state index in [-0.39, 0.29) is 5.41 Å². The highest BCUT2D eigenvalue weighted by molar-refractivity contribution is 7.26. The molecular weight excluding hydrogens is 685 g/mol. The van der Waals surface area contributed by atoms with Crippen LogP contribution in [0.25, 0.3) is 65.1 Å². The molecule has 2 aromatic heterocycles. The second-order valence-electron chi connectivity index (χ2n) is 15.8. The number of hydrogen-bond donors (Lipinski definition) is 0. The summed E-state index contributed by atoms with van der Waals surface area (Å²) in [6.07, 6.45) is 5.76. The number of allylic oxidation sites excluding steroid dienone is 1. The van der Waals surface area contributed by atoms with Gasteiger partial charge in [0.2, 0.25) is 0 Å². The van der Waals surface area contributed by atoms with Gasteiger partial charge >= 0.3 is 0 Å². The minimum Gasteiger partial charge on any atom is -0.313 e. The van der Waals surface area contributed by atoms with Gasteiger partial charge in [-0.2, -0.15) is 0 Å². The zero-order valence-electron chi connectivity index (χ0n) is 31.3. The van der Waals surface area contributed by atoms with Gasteiger partial charge in [-0.05, 0) is 106 Å². The molecule has 0 bridgehead atoms. The molecular formula is C52H40N2S. The lowest BCUT2D eigenvalue weighted by Crippen LogP contribution is -2.15. The van der Waals surface area contributed by atoms with Crippen molar-refractivity contribution >= 4 is 65.6 Å². The number of aromatic nitrogens is 1. The summed E-state index contributed by atoms with van der Waals surface area (Å²) in [5.41, 5.74) is 16.6. The third kappa shape index (κ3) is 4.93. The Kier molecular flexibility index (Phi) is 7.15. The average molecular weight is 725 g/mol. The second-order valence-corrected chi connectivity index (χ2v) is 16.9. The molecule has 0 saturated carbocycles. The smallest absolute Gasteiger partial charge is 0.0539 e. The van der Waals surface area contributed by atoms with Crippen LogP contribution in [0.3, 0.4) is 0 Å². The predicted molar refractivity (Wildman–Crippen MR) is 236 cm³/mol. The molecule has 2 aliphatic rings. The van der Waals surface area contributed by atoms with Crippen molar-refractivity contribution in [1.29, 1.82) is 0 Å². The number of hydrogen-bond acceptors (Lipinski definition) is 2. The standard InChI is InChI=1S/C52H40N2S/c1-33-20-27-42-45-31-37(26-29-48(45)54(49(42)30-33)38-25-28-41-40-14-7-9-18-46(40)52(2,3)47(41)32-38)53(35-12-5-4-6-13-35)36-23-21-34(22-24-36)39-16-11-17-44-43-15-8-10-19-50(43)55-51(39)44/h4-29,31-33H,30H2,1-3H3. The van der Waals surface area contributed by atoms with E-state index >= 15 is 0 Å². The Morgan fingerprint density at radius 2 is 1.31 bits per heavy atom. The zero-order chi connectivity index (χ0) is 36.8. The lowest BCUT2D eigenvalue weighted by atomic mass is 9.82. The Balaban J connectivity index is 1.04. The molecule has 0 saturated heterocycles. The third-order valence-corrected chi connectivity index (χ3v) is 13.4. The van der Waals surface area contributed by atoms with Crippen LogP contribution >= 0.6 is 11.3 Å². The fraction of sp³-hybridized carbons (Fsp3) is 0.115. The summed E-state index contributed by atoms with van der Waals surface area (Å²) in [4.78, 5) is 2.40. The number of nitrogens with zero attached hydrogens (tertiary/aromatic N) is 2. The molecule has 1 atom stereocenters. The van der Waals surface area contributed by atoms with Crippen LogP contribution in [0, 0.1) is 5.92 Å². The Bertz CT molecular complexity index is 3000. The van der Waals surface area contributed by atoms with Crippen LogP contribution in [0.15, 0.2) is 164 Å². The van der Waals surface area contributed by atoms with Gasteiger partial charge in [0.15, 0.2) is 0 Å². The van der Waals surface area contributed by atoms with Crippen LogP contribution < -0.4 is 4.90 Å². The topological polar surface area (TPSA) is 8.17 Å². The Hall–Kier alpha value is -6.16. The number of para-hydroxylation sites is 1. The highest BCUT2D eigenvalue weighted by Crippen LogP contribution is 2.50. The molecule has 0 spiro atoms. The maximum atomic E-state index is 2.55. The summed E-state index contributed by atoms with van der Waals surface area (Å²) in [5, 5.41) is 3.94. The fourth-order valence-electron chi connectivity index (χ4n) is 9.43. The number of rotatable bonds is 5. The molecule has 55 heavy (non-hydrogen) atoms. The van der Waals surface area contributed by atoms with E-state index in [1.807, 2.05) is 11.3 Å². The minimum atomic E-state index is -0.0541. The van der Waals surface area contributed by atoms with Crippen molar-refractivity contribution in [2.75, 3.05) is 4.90 Å². The minimum absolute atomic E-state index is 0.0541. The molecule has 9 aromatic rings. The predicted octanol–water partition coefficient (Wildman–Crippen LogP) is 14.6. The largest absolute Gasteiger partial charge is 0.313 e. The summed E-state index contributed by atoms with van der Waals surface area (Å²) in [6.45, 7) is 7.07. The summed E-state index contributed by atoms with van der Waals surface area (Å²) < 4.78 is 5.22. The molecule has 0 fully saturated rings. The first kappa shape index (κ1) is 32.3. The van der Waals surface area contributed by atoms with Crippen LogP contribution in [0.5, 0.6) is 0 Å². The Morgan fingerprint density at radius 3 is 2.18 bits per heavy atom. The molecule has 0 aliphatic heterocycles. The van der Waals surface area contributed by atoms with Gasteiger partial charge in [0, 0.05) is 65.0 Å². The van der Waals surface area contributed by atoms with Gasteiger partial charge < -0.3 is 9.47 Å². The van der Waals surface area contributed by atoms with Crippen LogP contribution in [-0.2, 0) is 11.8 Å². The number of benzene rings is 7. The summed E-state index contributed by atoms with van der Waals surface area (Å²) in [5.74, 6) is 0.475. The van der Waals surface area contributed by atoms with Crippen molar-refractivity contribution in [3.8, 4) is 27.9 Å². The Morgan fingerprint density at radius 1 is 0.600 bits per heavy atom. The summed E-state index contributed by atoms with van der Waals surface area (Å²) >= 11 is 1.88. The summed E-state index contributed by atoms with van der Waals surface area (Å²) in [7, 11) is 0. The molecule has 264 valence electrons. The van der Waals surface area contributed by atoms with Crippen LogP contribution in [0.2, 0.25) is 0 Å². The lowest BCUT2D eigenvalue weighted by molar-refractivity contribution is 0.658. The fourth-order valence-corrected chi connectivity index (χ4v) is 10.7. The Labute approximate surface area is 326 Å². The van der Waals surface area contributed by atoms with Gasteiger partial charge in [-0.3, -0.25) is 0 Å². The zero-order valence-corrected chi connectivity index (χ0v) is 32.1. The molecule has 0 N–H and O–H groups in total. The number of fused-ring (bicyclic) bond motifs is 9. The first-order chi connectivity index (χ1) is 26.9. The number of thiophene rings is 1. The van der Waals surface area contributed by atoms with Crippen molar-refractivity contribution in [2.45, 2.75) is 32.6 Å². The molecule has 7 aromatic carbocycles. The maximum Gasteiger partial charge on any atom is 0.0539 e. The van der Waals surface area contributed by atoms with Gasteiger partial charge in [-0.15, -0.1) is 11.3 Å². The van der Waals surface area contributed by atoms with Crippen LogP contribution in [-0.4, -0.2) is 4.57 Å². The average Bonchev–Trinajstić information content (AvgIpc) is 3.83. The van der Waals surface area contributed by atoms with E-state index in [0.29, 0.717) is 5.92 Å². The van der Waals surface area contributed by atoms with E-state index in [9.17, 15) is 0 Å². The second kappa shape index (κ2) is 12.2. The lowest BCUT2D eigenvalue weighted by Gasteiger charge is -2.26. The van der Waals surface area contributed by atoms with E-state index in [2.05, 4.69) is 200 Å². The van der Waals surface area contributed by atoms with Crippen LogP contribution in [0.1, 0.15) is 43.2 Å². The van der Waals surface area contributed by atoms with E-state index in [0.717, 1.165) is 23.5 Å². The molecule has 0 amide bonds. The van der Waals surface area contributed by atoms with E-state index in [4.69, 9.17) is 0 Å². The van der Waals surface area contributed by atoms with Crippen molar-refractivity contribution in [3.05, 3.63) is 186 Å². The molecule has 11 rings (SSSR count).